The van der Waals surface area contributed by atoms with Gasteiger partial charge in [-0.1, -0.05) is 0 Å². The van der Waals surface area contributed by atoms with E-state index in [1.807, 2.05) is 0 Å². The molecule has 0 spiro atoms. The predicted octanol–water partition coefficient (Wildman–Crippen LogP) is 1.87. The maximum atomic E-state index is 12.6. The molecule has 0 saturated carbocycles. The molecule has 0 saturated heterocycles. The van der Waals surface area contributed by atoms with Crippen LogP contribution >= 0.6 is 22.6 Å². The molecular formula is C9H9F2IN2O2. The van der Waals surface area contributed by atoms with Crippen molar-refractivity contribution in [3.8, 4) is 0 Å². The van der Waals surface area contributed by atoms with E-state index in [1.54, 1.807) is 22.6 Å². The number of pyridine rings is 1. The summed E-state index contributed by atoms with van der Waals surface area (Å²) < 4.78 is 30.1. The van der Waals surface area contributed by atoms with Crippen LogP contribution in [0, 0.1) is 3.70 Å². The summed E-state index contributed by atoms with van der Waals surface area (Å²) in [7, 11) is 1.18. The number of hydrogen-bond donors (Lipinski definition) is 1. The molecule has 0 aliphatic heterocycles. The summed E-state index contributed by atoms with van der Waals surface area (Å²) in [6.07, 6.45) is -2.72. The fraction of sp³-hybridized carbons (Fsp3) is 0.333. The van der Waals surface area contributed by atoms with Crippen LogP contribution < -0.4 is 5.73 Å². The molecule has 1 heterocycles. The van der Waals surface area contributed by atoms with Gasteiger partial charge in [0, 0.05) is 12.1 Å². The van der Waals surface area contributed by atoms with Gasteiger partial charge in [-0.05, 0) is 28.7 Å². The van der Waals surface area contributed by atoms with Gasteiger partial charge in [0.2, 0.25) is 0 Å². The number of methoxy groups -OCH3 is 1. The van der Waals surface area contributed by atoms with E-state index in [4.69, 9.17) is 5.73 Å². The highest BCUT2D eigenvalue weighted by atomic mass is 127. The molecule has 4 nitrogen and oxygen atoms in total. The number of aromatic nitrogens is 1. The van der Waals surface area contributed by atoms with E-state index in [9.17, 15) is 13.6 Å². The first-order chi connectivity index (χ1) is 7.51. The summed E-state index contributed by atoms with van der Waals surface area (Å²) >= 11 is 1.78. The second-order valence-corrected chi connectivity index (χ2v) is 3.88. The summed E-state index contributed by atoms with van der Waals surface area (Å²) in [5.74, 6) is -0.692. The second kappa shape index (κ2) is 5.48. The molecular weight excluding hydrogens is 333 g/mol. The Bertz CT molecular complexity index is 413. The third-order valence-corrected chi connectivity index (χ3v) is 2.74. The molecule has 1 aromatic heterocycles. The first kappa shape index (κ1) is 13.2. The van der Waals surface area contributed by atoms with Crippen LogP contribution in [0.25, 0.3) is 0 Å². The highest BCUT2D eigenvalue weighted by Gasteiger charge is 2.20. The quantitative estimate of drug-likeness (QED) is 0.518. The Balaban J connectivity index is 3.33. The summed E-state index contributed by atoms with van der Waals surface area (Å²) in [6.45, 7) is -0.100. The molecule has 0 bridgehead atoms. The zero-order chi connectivity index (χ0) is 12.3. The first-order valence-corrected chi connectivity index (χ1v) is 5.35. The smallest absolute Gasteiger partial charge is 0.340 e. The second-order valence-electron chi connectivity index (χ2n) is 2.86. The number of nitrogens with zero attached hydrogens (tertiary/aromatic N) is 1. The van der Waals surface area contributed by atoms with Gasteiger partial charge >= 0.3 is 5.97 Å². The van der Waals surface area contributed by atoms with Gasteiger partial charge in [-0.3, -0.25) is 0 Å². The van der Waals surface area contributed by atoms with E-state index in [-0.39, 0.29) is 23.4 Å². The number of carbonyl (C=O) groups excluding carboxylic acids is 1. The highest BCUT2D eigenvalue weighted by molar-refractivity contribution is 14.1. The van der Waals surface area contributed by atoms with Crippen molar-refractivity contribution in [2.45, 2.75) is 13.0 Å². The molecule has 0 aromatic carbocycles. The molecule has 7 heteroatoms. The Morgan fingerprint density at radius 1 is 1.69 bits per heavy atom. The van der Waals surface area contributed by atoms with Crippen LogP contribution in [0.2, 0.25) is 0 Å². The molecule has 16 heavy (non-hydrogen) atoms. The molecule has 1 aromatic rings. The molecule has 0 aliphatic carbocycles. The van der Waals surface area contributed by atoms with Crippen LogP contribution in [-0.4, -0.2) is 18.1 Å². The first-order valence-electron chi connectivity index (χ1n) is 4.27. The lowest BCUT2D eigenvalue weighted by molar-refractivity contribution is 0.0598. The molecule has 88 valence electrons. The Hall–Kier alpha value is -0.830. The minimum atomic E-state index is -2.72. The number of alkyl halides is 2. The molecule has 0 amide bonds. The van der Waals surface area contributed by atoms with Gasteiger partial charge < -0.3 is 10.5 Å². The van der Waals surface area contributed by atoms with Crippen molar-refractivity contribution in [2.75, 3.05) is 7.11 Å². The number of esters is 1. The number of nitrogens with two attached hydrogens (primary N) is 1. The van der Waals surface area contributed by atoms with Gasteiger partial charge in [-0.25, -0.2) is 18.6 Å². The zero-order valence-electron chi connectivity index (χ0n) is 8.34. The summed E-state index contributed by atoms with van der Waals surface area (Å²) in [5.41, 5.74) is 5.08. The van der Waals surface area contributed by atoms with E-state index in [1.165, 1.54) is 7.11 Å². The summed E-state index contributed by atoms with van der Waals surface area (Å²) in [4.78, 5) is 15.1. The van der Waals surface area contributed by atoms with Crippen molar-refractivity contribution >= 4 is 28.6 Å². The Morgan fingerprint density at radius 2 is 2.31 bits per heavy atom. The van der Waals surface area contributed by atoms with Gasteiger partial charge in [0.1, 0.15) is 3.70 Å². The zero-order valence-corrected chi connectivity index (χ0v) is 10.5. The van der Waals surface area contributed by atoms with Crippen LogP contribution in [0.5, 0.6) is 0 Å². The molecule has 2 N–H and O–H groups in total. The van der Waals surface area contributed by atoms with Crippen LogP contribution in [0.4, 0.5) is 8.78 Å². The molecule has 0 atom stereocenters. The van der Waals surface area contributed by atoms with Crippen LogP contribution in [0.3, 0.4) is 0 Å². The number of hydrogen-bond acceptors (Lipinski definition) is 4. The molecule has 0 radical (unpaired) electrons. The minimum absolute atomic E-state index is 0.0237. The number of ether oxygens (including phenoxy) is 1. The topological polar surface area (TPSA) is 65.2 Å². The maximum Gasteiger partial charge on any atom is 0.340 e. The van der Waals surface area contributed by atoms with Crippen molar-refractivity contribution in [3.05, 3.63) is 26.6 Å². The van der Waals surface area contributed by atoms with Gasteiger partial charge in [0.25, 0.3) is 6.43 Å². The Labute approximate surface area is 104 Å². The third-order valence-electron chi connectivity index (χ3n) is 1.92. The number of rotatable bonds is 3. The normalized spacial score (nSPS) is 10.6. The Morgan fingerprint density at radius 3 is 2.75 bits per heavy atom. The molecule has 1 rings (SSSR count). The van der Waals surface area contributed by atoms with Crippen molar-refractivity contribution in [2.24, 2.45) is 5.73 Å². The monoisotopic (exact) mass is 342 g/mol. The Kier molecular flexibility index (Phi) is 4.54. The fourth-order valence-electron chi connectivity index (χ4n) is 1.15. The van der Waals surface area contributed by atoms with Crippen LogP contribution in [0.1, 0.15) is 28.0 Å². The van der Waals surface area contributed by atoms with Gasteiger partial charge in [0.05, 0.1) is 18.4 Å². The van der Waals surface area contributed by atoms with Crippen molar-refractivity contribution in [1.82, 2.24) is 4.98 Å². The van der Waals surface area contributed by atoms with Crippen LogP contribution in [0.15, 0.2) is 6.07 Å². The van der Waals surface area contributed by atoms with E-state index in [2.05, 4.69) is 9.72 Å². The fourth-order valence-corrected chi connectivity index (χ4v) is 1.81. The van der Waals surface area contributed by atoms with E-state index in [0.29, 0.717) is 3.70 Å². The number of carbonyl (C=O) groups is 1. The van der Waals surface area contributed by atoms with Crippen LogP contribution in [-0.2, 0) is 11.3 Å². The van der Waals surface area contributed by atoms with Gasteiger partial charge in [-0.2, -0.15) is 0 Å². The number of halogens is 3. The lowest BCUT2D eigenvalue weighted by Gasteiger charge is -2.09. The summed E-state index contributed by atoms with van der Waals surface area (Å²) in [6, 6.07) is 1.08. The predicted molar refractivity (Wildman–Crippen MR) is 61.1 cm³/mol. The van der Waals surface area contributed by atoms with E-state index < -0.39 is 12.4 Å². The van der Waals surface area contributed by atoms with Crippen molar-refractivity contribution in [1.29, 1.82) is 0 Å². The van der Waals surface area contributed by atoms with Gasteiger partial charge in [-0.15, -0.1) is 0 Å². The average Bonchev–Trinajstić information content (AvgIpc) is 2.27. The highest BCUT2D eigenvalue weighted by Crippen LogP contribution is 2.25. The third kappa shape index (κ3) is 2.64. The maximum absolute atomic E-state index is 12.6. The largest absolute Gasteiger partial charge is 0.465 e. The lowest BCUT2D eigenvalue weighted by atomic mass is 10.1. The van der Waals surface area contributed by atoms with E-state index in [0.717, 1.165) is 6.07 Å². The molecule has 0 fully saturated rings. The van der Waals surface area contributed by atoms with Crippen molar-refractivity contribution in [3.63, 3.8) is 0 Å². The van der Waals surface area contributed by atoms with E-state index >= 15 is 0 Å². The minimum Gasteiger partial charge on any atom is -0.465 e. The average molecular weight is 342 g/mol. The van der Waals surface area contributed by atoms with Gasteiger partial charge in [0.15, 0.2) is 0 Å². The summed E-state index contributed by atoms with van der Waals surface area (Å²) in [5, 5.41) is 0. The SMILES string of the molecule is COC(=O)c1cc(C(F)F)c(CN)nc1I. The van der Waals surface area contributed by atoms with Crippen molar-refractivity contribution < 1.29 is 18.3 Å². The standard InChI is InChI=1S/C9H9F2IN2O2/c1-16-9(15)5-2-4(7(10)11)6(3-13)14-8(5)12/h2,7H,3,13H2,1H3. The lowest BCUT2D eigenvalue weighted by Crippen LogP contribution is -2.12. The molecule has 0 aliphatic rings. The molecule has 0 unspecified atom stereocenters.